The van der Waals surface area contributed by atoms with E-state index in [2.05, 4.69) is 10.3 Å². The first-order valence-corrected chi connectivity index (χ1v) is 10.9. The van der Waals surface area contributed by atoms with Crippen molar-refractivity contribution in [3.05, 3.63) is 36.0 Å². The van der Waals surface area contributed by atoms with Gasteiger partial charge in [-0.2, -0.15) is 0 Å². The zero-order valence-corrected chi connectivity index (χ0v) is 17.6. The number of para-hydroxylation sites is 1. The quantitative estimate of drug-likeness (QED) is 0.763. The molecule has 2 saturated heterocycles. The Morgan fingerprint density at radius 1 is 1.23 bits per heavy atom. The Morgan fingerprint density at radius 2 is 1.97 bits per heavy atom. The molecule has 2 aliphatic heterocycles. The first-order chi connectivity index (χ1) is 14.6. The van der Waals surface area contributed by atoms with Gasteiger partial charge >= 0.3 is 0 Å². The number of amides is 2. The molecule has 0 atom stereocenters. The number of H-pyrrole nitrogens is 1. The monoisotopic (exact) mass is 413 g/mol. The number of nitrogens with zero attached hydrogens (tertiary/aromatic N) is 1. The summed E-state index contributed by atoms with van der Waals surface area (Å²) in [6, 6.07) is 9.82. The molecule has 2 aliphatic rings. The number of carbonyl (C=O) groups is 2. The van der Waals surface area contributed by atoms with Crippen molar-refractivity contribution in [2.75, 3.05) is 40.0 Å². The number of aromatic amines is 1. The number of aromatic nitrogens is 1. The fraction of sp³-hybridized carbons (Fsp3) is 0.565. The minimum absolute atomic E-state index is 0.0160. The van der Waals surface area contributed by atoms with Gasteiger partial charge in [0.1, 0.15) is 5.69 Å². The lowest BCUT2D eigenvalue weighted by Crippen LogP contribution is -2.58. The van der Waals surface area contributed by atoms with Crippen LogP contribution in [-0.2, 0) is 14.3 Å². The van der Waals surface area contributed by atoms with Crippen molar-refractivity contribution in [1.29, 1.82) is 0 Å². The van der Waals surface area contributed by atoms with E-state index >= 15 is 0 Å². The molecule has 0 bridgehead atoms. The van der Waals surface area contributed by atoms with Gasteiger partial charge in [0.2, 0.25) is 5.91 Å². The lowest BCUT2D eigenvalue weighted by molar-refractivity contribution is -0.130. The minimum atomic E-state index is -0.317. The fourth-order valence-electron chi connectivity index (χ4n) is 4.55. The molecule has 3 heterocycles. The van der Waals surface area contributed by atoms with Gasteiger partial charge in [-0.15, -0.1) is 0 Å². The summed E-state index contributed by atoms with van der Waals surface area (Å²) in [5.41, 5.74) is 1.27. The molecule has 162 valence electrons. The molecule has 0 spiro atoms. The Labute approximate surface area is 177 Å². The minimum Gasteiger partial charge on any atom is -0.385 e. The van der Waals surface area contributed by atoms with Crippen LogP contribution in [0, 0.1) is 5.92 Å². The largest absolute Gasteiger partial charge is 0.385 e. The lowest BCUT2D eigenvalue weighted by Gasteiger charge is -2.43. The van der Waals surface area contributed by atoms with Crippen molar-refractivity contribution in [3.8, 4) is 0 Å². The van der Waals surface area contributed by atoms with Crippen molar-refractivity contribution in [2.24, 2.45) is 5.92 Å². The highest BCUT2D eigenvalue weighted by atomic mass is 16.5. The lowest BCUT2D eigenvalue weighted by atomic mass is 9.83. The summed E-state index contributed by atoms with van der Waals surface area (Å²) in [7, 11) is 1.68. The van der Waals surface area contributed by atoms with Crippen LogP contribution in [0.4, 0.5) is 0 Å². The number of fused-ring (bicyclic) bond motifs is 1. The van der Waals surface area contributed by atoms with Crippen LogP contribution in [0.2, 0.25) is 0 Å². The van der Waals surface area contributed by atoms with E-state index in [0.29, 0.717) is 38.6 Å². The summed E-state index contributed by atoms with van der Waals surface area (Å²) in [5, 5.41) is 4.38. The van der Waals surface area contributed by atoms with Gasteiger partial charge in [-0.05, 0) is 44.2 Å². The third-order valence-corrected chi connectivity index (χ3v) is 6.53. The van der Waals surface area contributed by atoms with Gasteiger partial charge in [0, 0.05) is 62.4 Å². The molecule has 2 aromatic rings. The van der Waals surface area contributed by atoms with Crippen LogP contribution >= 0.6 is 0 Å². The summed E-state index contributed by atoms with van der Waals surface area (Å²) < 4.78 is 10.7. The maximum atomic E-state index is 13.0. The third kappa shape index (κ3) is 4.52. The second kappa shape index (κ2) is 9.18. The Morgan fingerprint density at radius 3 is 2.67 bits per heavy atom. The maximum Gasteiger partial charge on any atom is 0.270 e. The molecule has 2 fully saturated rings. The van der Waals surface area contributed by atoms with Gasteiger partial charge in [0.05, 0.1) is 0 Å². The van der Waals surface area contributed by atoms with E-state index in [-0.39, 0.29) is 23.3 Å². The van der Waals surface area contributed by atoms with Gasteiger partial charge in [-0.1, -0.05) is 18.2 Å². The zero-order chi connectivity index (χ0) is 21.0. The van der Waals surface area contributed by atoms with Gasteiger partial charge in [-0.3, -0.25) is 9.59 Å². The second-order valence-corrected chi connectivity index (χ2v) is 8.46. The number of ether oxygens (including phenoxy) is 2. The van der Waals surface area contributed by atoms with E-state index in [1.54, 1.807) is 7.11 Å². The van der Waals surface area contributed by atoms with E-state index in [0.717, 1.165) is 43.0 Å². The summed E-state index contributed by atoms with van der Waals surface area (Å²) in [6.45, 7) is 3.12. The Bertz CT molecular complexity index is 846. The first kappa shape index (κ1) is 20.9. The number of hydrogen-bond donors (Lipinski definition) is 2. The number of methoxy groups -OCH3 is 1. The van der Waals surface area contributed by atoms with Crippen molar-refractivity contribution in [3.63, 3.8) is 0 Å². The predicted octanol–water partition coefficient (Wildman–Crippen LogP) is 2.72. The van der Waals surface area contributed by atoms with Crippen LogP contribution in [0.1, 0.15) is 42.6 Å². The highest BCUT2D eigenvalue weighted by molar-refractivity contribution is 5.98. The predicted molar refractivity (Wildman–Crippen MR) is 114 cm³/mol. The highest BCUT2D eigenvalue weighted by Crippen LogP contribution is 2.29. The molecule has 1 aromatic heterocycles. The van der Waals surface area contributed by atoms with Gasteiger partial charge < -0.3 is 24.7 Å². The van der Waals surface area contributed by atoms with Gasteiger partial charge in [0.25, 0.3) is 5.91 Å². The van der Waals surface area contributed by atoms with Crippen molar-refractivity contribution in [1.82, 2.24) is 15.2 Å². The third-order valence-electron chi connectivity index (χ3n) is 6.53. The Hall–Kier alpha value is -2.38. The maximum absolute atomic E-state index is 13.0. The number of nitrogens with one attached hydrogen (secondary N) is 2. The van der Waals surface area contributed by atoms with Crippen molar-refractivity contribution in [2.45, 2.75) is 37.6 Å². The molecule has 0 unspecified atom stereocenters. The molecule has 4 rings (SSSR count). The Balaban J connectivity index is 1.41. The van der Waals surface area contributed by atoms with Crippen molar-refractivity contribution >= 4 is 22.7 Å². The van der Waals surface area contributed by atoms with Crippen LogP contribution in [-0.4, -0.2) is 67.3 Å². The first-order valence-electron chi connectivity index (χ1n) is 10.9. The topological polar surface area (TPSA) is 83.7 Å². The van der Waals surface area contributed by atoms with E-state index in [1.807, 2.05) is 35.2 Å². The molecule has 1 aromatic carbocycles. The average Bonchev–Trinajstić information content (AvgIpc) is 3.23. The summed E-state index contributed by atoms with van der Waals surface area (Å²) in [5.74, 6) is 0.149. The standard InChI is InChI=1S/C23H31N3O4/c1-29-15-10-23(25-21(27)17-6-13-30-14-7-17)8-11-26(12-9-23)22(28)20-16-18-4-2-3-5-19(18)24-20/h2-5,16-17,24H,6-15H2,1H3,(H,25,27). The Kier molecular flexibility index (Phi) is 6.39. The molecule has 2 amide bonds. The van der Waals surface area contributed by atoms with Crippen LogP contribution in [0.3, 0.4) is 0 Å². The molecular weight excluding hydrogens is 382 g/mol. The summed E-state index contributed by atoms with van der Waals surface area (Å²) in [4.78, 5) is 31.0. The number of carbonyl (C=O) groups excluding carboxylic acids is 2. The van der Waals surface area contributed by atoms with Crippen LogP contribution in [0.25, 0.3) is 10.9 Å². The number of likely N-dealkylation sites (tertiary alicyclic amines) is 1. The number of piperidine rings is 1. The smallest absolute Gasteiger partial charge is 0.270 e. The normalized spacial score (nSPS) is 19.7. The average molecular weight is 414 g/mol. The molecule has 0 saturated carbocycles. The number of rotatable bonds is 6. The van der Waals surface area contributed by atoms with E-state index in [9.17, 15) is 9.59 Å². The van der Waals surface area contributed by atoms with Crippen LogP contribution in [0.15, 0.2) is 30.3 Å². The number of benzene rings is 1. The summed E-state index contributed by atoms with van der Waals surface area (Å²) >= 11 is 0. The molecule has 7 heteroatoms. The van der Waals surface area contributed by atoms with E-state index in [1.165, 1.54) is 0 Å². The fourth-order valence-corrected chi connectivity index (χ4v) is 4.55. The molecular formula is C23H31N3O4. The van der Waals surface area contributed by atoms with Gasteiger partial charge in [0.15, 0.2) is 0 Å². The van der Waals surface area contributed by atoms with Crippen molar-refractivity contribution < 1.29 is 19.1 Å². The zero-order valence-electron chi connectivity index (χ0n) is 17.6. The second-order valence-electron chi connectivity index (χ2n) is 8.46. The van der Waals surface area contributed by atoms with E-state index in [4.69, 9.17) is 9.47 Å². The molecule has 0 aliphatic carbocycles. The molecule has 30 heavy (non-hydrogen) atoms. The SMILES string of the molecule is COCCC1(NC(=O)C2CCOCC2)CCN(C(=O)c2cc3ccccc3[nH]2)CC1. The van der Waals surface area contributed by atoms with Crippen LogP contribution in [0.5, 0.6) is 0 Å². The number of hydrogen-bond acceptors (Lipinski definition) is 4. The highest BCUT2D eigenvalue weighted by Gasteiger charge is 2.38. The molecule has 7 nitrogen and oxygen atoms in total. The van der Waals surface area contributed by atoms with E-state index < -0.39 is 0 Å². The molecule has 2 N–H and O–H groups in total. The summed E-state index contributed by atoms with van der Waals surface area (Å²) in [6.07, 6.45) is 3.77. The molecule has 0 radical (unpaired) electrons. The van der Waals surface area contributed by atoms with Crippen LogP contribution < -0.4 is 5.32 Å². The van der Waals surface area contributed by atoms with Gasteiger partial charge in [-0.25, -0.2) is 0 Å².